The number of anilines is 1. The summed E-state index contributed by atoms with van der Waals surface area (Å²) < 4.78 is 69.0. The zero-order chi connectivity index (χ0) is 29.1. The lowest BCUT2D eigenvalue weighted by molar-refractivity contribution is -0.137. The number of primary amides is 1. The van der Waals surface area contributed by atoms with Crippen LogP contribution in [0.2, 0.25) is 0 Å². The van der Waals surface area contributed by atoms with Crippen LogP contribution in [0.25, 0.3) is 0 Å². The highest BCUT2D eigenvalue weighted by Gasteiger charge is 2.30. The first-order chi connectivity index (χ1) is 18.9. The fourth-order valence-electron chi connectivity index (χ4n) is 4.90. The lowest BCUT2D eigenvalue weighted by Gasteiger charge is -2.35. The van der Waals surface area contributed by atoms with Crippen molar-refractivity contribution in [2.75, 3.05) is 30.3 Å². The molecule has 214 valence electrons. The second kappa shape index (κ2) is 11.9. The number of nitrogens with zero attached hydrogens (tertiary/aromatic N) is 1. The first-order valence-corrected chi connectivity index (χ1v) is 14.5. The molecule has 2 atom stereocenters. The number of piperidine rings is 1. The number of hydrogen-bond donors (Lipinski definition) is 2. The van der Waals surface area contributed by atoms with Crippen molar-refractivity contribution < 1.29 is 36.2 Å². The SMILES string of the molecule is CCS(=O)(=O)c1ccc([C@@H](CO)c2cc(N3CCC[C@H](Oc4ccc(C(F)(F)F)cc4)C3)ccc2C(N)=O)cc1. The van der Waals surface area contributed by atoms with E-state index in [-0.39, 0.29) is 28.9 Å². The molecule has 40 heavy (non-hydrogen) atoms. The summed E-state index contributed by atoms with van der Waals surface area (Å²) in [7, 11) is -3.40. The van der Waals surface area contributed by atoms with Gasteiger partial charge in [-0.1, -0.05) is 19.1 Å². The van der Waals surface area contributed by atoms with Crippen LogP contribution < -0.4 is 15.4 Å². The normalized spacial score (nSPS) is 16.9. The minimum Gasteiger partial charge on any atom is -0.489 e. The highest BCUT2D eigenvalue weighted by molar-refractivity contribution is 7.91. The lowest BCUT2D eigenvalue weighted by atomic mass is 9.87. The minimum absolute atomic E-state index is 0.0386. The molecule has 3 aromatic rings. The van der Waals surface area contributed by atoms with Crippen molar-refractivity contribution >= 4 is 21.4 Å². The Bertz CT molecular complexity index is 1440. The van der Waals surface area contributed by atoms with Gasteiger partial charge in [0, 0.05) is 23.7 Å². The molecule has 3 aromatic carbocycles. The number of rotatable bonds is 9. The van der Waals surface area contributed by atoms with E-state index >= 15 is 0 Å². The van der Waals surface area contributed by atoms with Crippen LogP contribution in [0.4, 0.5) is 18.9 Å². The van der Waals surface area contributed by atoms with E-state index in [2.05, 4.69) is 4.90 Å². The molecular weight excluding hydrogens is 545 g/mol. The van der Waals surface area contributed by atoms with Gasteiger partial charge in [-0.3, -0.25) is 4.79 Å². The number of ether oxygens (including phenoxy) is 1. The molecule has 1 saturated heterocycles. The molecule has 7 nitrogen and oxygen atoms in total. The smallest absolute Gasteiger partial charge is 0.416 e. The molecule has 0 aliphatic carbocycles. The quantitative estimate of drug-likeness (QED) is 0.380. The van der Waals surface area contributed by atoms with Gasteiger partial charge in [-0.2, -0.15) is 13.2 Å². The number of aliphatic hydroxyl groups excluding tert-OH is 1. The predicted molar refractivity (Wildman–Crippen MR) is 145 cm³/mol. The maximum Gasteiger partial charge on any atom is 0.416 e. The van der Waals surface area contributed by atoms with Crippen LogP contribution in [-0.4, -0.2) is 51.0 Å². The molecular formula is C29H31F3N2O5S. The number of sulfone groups is 1. The van der Waals surface area contributed by atoms with Crippen LogP contribution in [0.1, 0.15) is 52.7 Å². The van der Waals surface area contributed by atoms with Crippen LogP contribution in [-0.2, 0) is 16.0 Å². The number of benzene rings is 3. The average molecular weight is 577 g/mol. The number of carbonyl (C=O) groups excluding carboxylic acids is 1. The molecule has 1 aliphatic heterocycles. The standard InChI is InChI=1S/C29H31F3N2O5S/c1-2-40(37,38)24-12-5-19(6-13-24)27(18-35)26-16-21(9-14-25(26)28(33)36)34-15-3-4-23(17-34)39-22-10-7-20(8-11-22)29(30,31)32/h5-14,16,23,27,35H,2-4,15,17-18H2,1H3,(H2,33,36)/t23-,27+/m0/s1. The number of carbonyl (C=O) groups is 1. The Morgan fingerprint density at radius 1 is 1.10 bits per heavy atom. The Morgan fingerprint density at radius 2 is 1.77 bits per heavy atom. The first-order valence-electron chi connectivity index (χ1n) is 12.9. The molecule has 1 fully saturated rings. The molecule has 0 unspecified atom stereocenters. The third kappa shape index (κ3) is 6.59. The predicted octanol–water partition coefficient (Wildman–Crippen LogP) is 4.77. The van der Waals surface area contributed by atoms with E-state index in [1.807, 2.05) is 0 Å². The van der Waals surface area contributed by atoms with Crippen LogP contribution >= 0.6 is 0 Å². The van der Waals surface area contributed by atoms with Crippen LogP contribution in [0.5, 0.6) is 5.75 Å². The Balaban J connectivity index is 1.58. The van der Waals surface area contributed by atoms with E-state index in [0.29, 0.717) is 30.0 Å². The van der Waals surface area contributed by atoms with Gasteiger partial charge in [0.15, 0.2) is 9.84 Å². The number of amides is 1. The molecule has 1 heterocycles. The fourth-order valence-corrected chi connectivity index (χ4v) is 5.78. The number of alkyl halides is 3. The molecule has 1 aliphatic rings. The topological polar surface area (TPSA) is 110 Å². The van der Waals surface area contributed by atoms with Gasteiger partial charge in [-0.05, 0) is 78.6 Å². The third-order valence-corrected chi connectivity index (χ3v) is 8.86. The van der Waals surface area contributed by atoms with Crippen molar-refractivity contribution in [3.05, 3.63) is 89.0 Å². The number of hydrogen-bond acceptors (Lipinski definition) is 6. The maximum absolute atomic E-state index is 12.9. The van der Waals surface area contributed by atoms with Crippen molar-refractivity contribution in [3.63, 3.8) is 0 Å². The van der Waals surface area contributed by atoms with E-state index in [1.54, 1.807) is 37.3 Å². The van der Waals surface area contributed by atoms with Gasteiger partial charge < -0.3 is 20.5 Å². The summed E-state index contributed by atoms with van der Waals surface area (Å²) in [6, 6.07) is 16.0. The summed E-state index contributed by atoms with van der Waals surface area (Å²) in [6.45, 7) is 2.37. The zero-order valence-corrected chi connectivity index (χ0v) is 22.7. The van der Waals surface area contributed by atoms with E-state index < -0.39 is 33.4 Å². The largest absolute Gasteiger partial charge is 0.489 e. The Hall–Kier alpha value is -3.57. The molecule has 0 aromatic heterocycles. The zero-order valence-electron chi connectivity index (χ0n) is 21.9. The highest BCUT2D eigenvalue weighted by atomic mass is 32.2. The third-order valence-electron chi connectivity index (χ3n) is 7.11. The van der Waals surface area contributed by atoms with E-state index in [4.69, 9.17) is 10.5 Å². The molecule has 0 radical (unpaired) electrons. The Labute approximate surface area is 231 Å². The molecule has 0 bridgehead atoms. The maximum atomic E-state index is 12.9. The molecule has 0 spiro atoms. The van der Waals surface area contributed by atoms with E-state index in [9.17, 15) is 31.5 Å². The van der Waals surface area contributed by atoms with Crippen molar-refractivity contribution in [2.45, 2.75) is 42.9 Å². The molecule has 11 heteroatoms. The Kier molecular flexibility index (Phi) is 8.74. The first kappa shape index (κ1) is 29.4. The summed E-state index contributed by atoms with van der Waals surface area (Å²) in [5, 5.41) is 10.3. The monoisotopic (exact) mass is 576 g/mol. The Morgan fingerprint density at radius 3 is 2.35 bits per heavy atom. The van der Waals surface area contributed by atoms with Gasteiger partial charge in [-0.15, -0.1) is 0 Å². The van der Waals surface area contributed by atoms with Crippen molar-refractivity contribution in [1.29, 1.82) is 0 Å². The van der Waals surface area contributed by atoms with Crippen molar-refractivity contribution in [2.24, 2.45) is 5.73 Å². The molecule has 3 N–H and O–H groups in total. The van der Waals surface area contributed by atoms with Gasteiger partial charge in [0.1, 0.15) is 11.9 Å². The van der Waals surface area contributed by atoms with Gasteiger partial charge in [0.05, 0.1) is 29.4 Å². The number of halogens is 3. The van der Waals surface area contributed by atoms with Crippen LogP contribution in [0, 0.1) is 0 Å². The molecule has 4 rings (SSSR count). The summed E-state index contributed by atoms with van der Waals surface area (Å²) in [5.41, 5.74) is 7.05. The van der Waals surface area contributed by atoms with E-state index in [0.717, 1.165) is 30.7 Å². The van der Waals surface area contributed by atoms with Gasteiger partial charge in [-0.25, -0.2) is 8.42 Å². The summed E-state index contributed by atoms with van der Waals surface area (Å²) in [5.74, 6) is -0.987. The second-order valence-electron chi connectivity index (χ2n) is 9.69. The molecule has 1 amide bonds. The van der Waals surface area contributed by atoms with Gasteiger partial charge in [0.25, 0.3) is 0 Å². The number of aliphatic hydroxyl groups is 1. The van der Waals surface area contributed by atoms with Gasteiger partial charge >= 0.3 is 6.18 Å². The molecule has 0 saturated carbocycles. The summed E-state index contributed by atoms with van der Waals surface area (Å²) in [6.07, 6.45) is -3.20. The summed E-state index contributed by atoms with van der Waals surface area (Å²) in [4.78, 5) is 14.5. The summed E-state index contributed by atoms with van der Waals surface area (Å²) >= 11 is 0. The van der Waals surface area contributed by atoms with Crippen molar-refractivity contribution in [1.82, 2.24) is 0 Å². The van der Waals surface area contributed by atoms with Crippen LogP contribution in [0.3, 0.4) is 0 Å². The lowest BCUT2D eigenvalue weighted by Crippen LogP contribution is -2.41. The van der Waals surface area contributed by atoms with Crippen molar-refractivity contribution in [3.8, 4) is 5.75 Å². The van der Waals surface area contributed by atoms with E-state index in [1.165, 1.54) is 24.3 Å². The number of nitrogens with two attached hydrogens (primary N) is 1. The van der Waals surface area contributed by atoms with Gasteiger partial charge in [0.2, 0.25) is 5.91 Å². The fraction of sp³-hybridized carbons (Fsp3) is 0.345. The minimum atomic E-state index is -4.42. The second-order valence-corrected chi connectivity index (χ2v) is 12.0. The average Bonchev–Trinajstić information content (AvgIpc) is 2.93. The van der Waals surface area contributed by atoms with Crippen LogP contribution in [0.15, 0.2) is 71.6 Å². The highest BCUT2D eigenvalue weighted by Crippen LogP contribution is 2.34.